The Morgan fingerprint density at radius 1 is 0.968 bits per heavy atom. The highest BCUT2D eigenvalue weighted by molar-refractivity contribution is 8.02. The lowest BCUT2D eigenvalue weighted by Gasteiger charge is -2.33. The molecule has 31 heavy (non-hydrogen) atoms. The number of aryl methyl sites for hydroxylation is 1. The molecule has 3 aromatic carbocycles. The Bertz CT molecular complexity index is 1180. The number of anilines is 2. The number of halogens is 1. The molecule has 0 aromatic heterocycles. The molecule has 2 aliphatic heterocycles. The van der Waals surface area contributed by atoms with Gasteiger partial charge >= 0.3 is 0 Å². The summed E-state index contributed by atoms with van der Waals surface area (Å²) in [6.07, 6.45) is 0.864. The average Bonchev–Trinajstić information content (AvgIpc) is 3.26. The topological polar surface area (TPSA) is 40.6 Å². The van der Waals surface area contributed by atoms with Crippen molar-refractivity contribution in [3.8, 4) is 0 Å². The second-order valence-electron chi connectivity index (χ2n) is 7.72. The van der Waals surface area contributed by atoms with E-state index < -0.39 is 4.87 Å². The molecule has 0 N–H and O–H groups in total. The molecular weight excluding hydrogens is 428 g/mol. The van der Waals surface area contributed by atoms with Gasteiger partial charge in [-0.3, -0.25) is 14.5 Å². The summed E-state index contributed by atoms with van der Waals surface area (Å²) in [6.45, 7) is 2.51. The molecule has 2 aliphatic rings. The summed E-state index contributed by atoms with van der Waals surface area (Å²) >= 11 is 7.44. The van der Waals surface area contributed by atoms with Gasteiger partial charge < -0.3 is 4.90 Å². The minimum absolute atomic E-state index is 0.0465. The lowest BCUT2D eigenvalue weighted by molar-refractivity contribution is -0.123. The number of benzene rings is 3. The van der Waals surface area contributed by atoms with Gasteiger partial charge in [0.05, 0.1) is 18.0 Å². The van der Waals surface area contributed by atoms with E-state index in [4.69, 9.17) is 11.6 Å². The van der Waals surface area contributed by atoms with Crippen LogP contribution in [0.2, 0.25) is 5.02 Å². The van der Waals surface area contributed by atoms with Crippen molar-refractivity contribution in [3.63, 3.8) is 0 Å². The first-order valence-electron chi connectivity index (χ1n) is 10.3. The van der Waals surface area contributed by atoms with Crippen LogP contribution in [0.4, 0.5) is 11.4 Å². The molecule has 0 aliphatic carbocycles. The summed E-state index contributed by atoms with van der Waals surface area (Å²) in [5.74, 6) is 0.140. The van der Waals surface area contributed by atoms with E-state index >= 15 is 0 Å². The van der Waals surface area contributed by atoms with Crippen molar-refractivity contribution in [1.82, 2.24) is 0 Å². The van der Waals surface area contributed by atoms with Gasteiger partial charge in [0, 0.05) is 16.3 Å². The van der Waals surface area contributed by atoms with Gasteiger partial charge in [-0.2, -0.15) is 0 Å². The number of para-hydroxylation sites is 1. The Kier molecular flexibility index (Phi) is 5.03. The number of thioether (sulfide) groups is 1. The summed E-state index contributed by atoms with van der Waals surface area (Å²) in [7, 11) is 0. The standard InChI is InChI=1S/C25H21ClN2O2S/c1-2-17-6-5-7-20(14-17)28-23(29)16-31-25(28)21-8-3-4-9-22(21)27(24(25)30)15-18-10-12-19(26)13-11-18/h3-14H,2,15-16H2,1H3/t25-/m1/s1. The van der Waals surface area contributed by atoms with Crippen molar-refractivity contribution in [3.05, 3.63) is 94.5 Å². The number of hydrogen-bond acceptors (Lipinski definition) is 3. The van der Waals surface area contributed by atoms with Crippen LogP contribution in [0.25, 0.3) is 0 Å². The molecule has 156 valence electrons. The van der Waals surface area contributed by atoms with Crippen molar-refractivity contribution in [2.24, 2.45) is 0 Å². The summed E-state index contributed by atoms with van der Waals surface area (Å²) in [6, 6.07) is 23.2. The van der Waals surface area contributed by atoms with Crippen molar-refractivity contribution in [2.45, 2.75) is 24.8 Å². The van der Waals surface area contributed by atoms with Gasteiger partial charge in [0.1, 0.15) is 0 Å². The second kappa shape index (κ2) is 7.74. The van der Waals surface area contributed by atoms with Crippen LogP contribution in [0.1, 0.15) is 23.6 Å². The molecule has 1 spiro atoms. The van der Waals surface area contributed by atoms with Crippen LogP contribution < -0.4 is 9.80 Å². The van der Waals surface area contributed by atoms with Gasteiger partial charge in [-0.05, 0) is 47.9 Å². The molecule has 5 rings (SSSR count). The maximum absolute atomic E-state index is 14.0. The minimum atomic E-state index is -1.08. The first-order chi connectivity index (χ1) is 15.0. The third-order valence-corrected chi connectivity index (χ3v) is 7.53. The third-order valence-electron chi connectivity index (χ3n) is 5.89. The van der Waals surface area contributed by atoms with Gasteiger partial charge in [0.25, 0.3) is 5.91 Å². The summed E-state index contributed by atoms with van der Waals surface area (Å²) in [5.41, 5.74) is 4.60. The van der Waals surface area contributed by atoms with Gasteiger partial charge in [-0.25, -0.2) is 0 Å². The molecular formula is C25H21ClN2O2S. The van der Waals surface area contributed by atoms with Crippen molar-refractivity contribution in [1.29, 1.82) is 0 Å². The fourth-order valence-corrected chi connectivity index (χ4v) is 5.89. The zero-order valence-corrected chi connectivity index (χ0v) is 18.6. The van der Waals surface area contributed by atoms with Crippen LogP contribution >= 0.6 is 23.4 Å². The smallest absolute Gasteiger partial charge is 0.269 e. The molecule has 6 heteroatoms. The van der Waals surface area contributed by atoms with Crippen molar-refractivity contribution < 1.29 is 9.59 Å². The van der Waals surface area contributed by atoms with Crippen LogP contribution in [0.15, 0.2) is 72.8 Å². The number of rotatable bonds is 4. The molecule has 0 saturated carbocycles. The summed E-state index contributed by atoms with van der Waals surface area (Å²) in [5, 5.41) is 0.660. The Balaban J connectivity index is 1.63. The second-order valence-corrected chi connectivity index (χ2v) is 9.32. The van der Waals surface area contributed by atoms with E-state index in [9.17, 15) is 9.59 Å². The molecule has 3 aromatic rings. The zero-order chi connectivity index (χ0) is 21.6. The van der Waals surface area contributed by atoms with E-state index in [0.717, 1.165) is 34.5 Å². The van der Waals surface area contributed by atoms with Crippen LogP contribution in [-0.2, 0) is 27.4 Å². The lowest BCUT2D eigenvalue weighted by Crippen LogP contribution is -2.49. The van der Waals surface area contributed by atoms with Gasteiger partial charge in [-0.1, -0.05) is 61.0 Å². The first kappa shape index (κ1) is 20.2. The van der Waals surface area contributed by atoms with E-state index in [1.54, 1.807) is 9.80 Å². The van der Waals surface area contributed by atoms with Crippen LogP contribution in [-0.4, -0.2) is 17.6 Å². The van der Waals surface area contributed by atoms with Crippen LogP contribution in [0.3, 0.4) is 0 Å². The molecule has 4 nitrogen and oxygen atoms in total. The molecule has 0 bridgehead atoms. The zero-order valence-electron chi connectivity index (χ0n) is 17.0. The molecule has 2 heterocycles. The Morgan fingerprint density at radius 2 is 1.74 bits per heavy atom. The summed E-state index contributed by atoms with van der Waals surface area (Å²) in [4.78, 5) is 29.6. The maximum Gasteiger partial charge on any atom is 0.269 e. The predicted molar refractivity (Wildman–Crippen MR) is 127 cm³/mol. The quantitative estimate of drug-likeness (QED) is 0.537. The van der Waals surface area contributed by atoms with Gasteiger partial charge in [0.15, 0.2) is 0 Å². The van der Waals surface area contributed by atoms with E-state index in [0.29, 0.717) is 11.6 Å². The van der Waals surface area contributed by atoms with Crippen LogP contribution in [0, 0.1) is 0 Å². The number of amides is 2. The predicted octanol–water partition coefficient (Wildman–Crippen LogP) is 5.38. The molecule has 1 fully saturated rings. The van der Waals surface area contributed by atoms with Crippen LogP contribution in [0.5, 0.6) is 0 Å². The Labute approximate surface area is 190 Å². The Hall–Kier alpha value is -2.76. The normalized spacial score (nSPS) is 20.1. The monoisotopic (exact) mass is 448 g/mol. The van der Waals surface area contributed by atoms with Crippen molar-refractivity contribution in [2.75, 3.05) is 15.6 Å². The van der Waals surface area contributed by atoms with E-state index in [2.05, 4.69) is 6.92 Å². The number of hydrogen-bond donors (Lipinski definition) is 0. The van der Waals surface area contributed by atoms with Gasteiger partial charge in [0.2, 0.25) is 10.8 Å². The fraction of sp³-hybridized carbons (Fsp3) is 0.200. The molecule has 2 amide bonds. The van der Waals surface area contributed by atoms with E-state index in [1.165, 1.54) is 11.8 Å². The van der Waals surface area contributed by atoms with Gasteiger partial charge in [-0.15, -0.1) is 11.8 Å². The summed E-state index contributed by atoms with van der Waals surface area (Å²) < 4.78 is 0. The van der Waals surface area contributed by atoms with E-state index in [1.807, 2.05) is 72.8 Å². The molecule has 0 unspecified atom stereocenters. The average molecular weight is 449 g/mol. The van der Waals surface area contributed by atoms with E-state index in [-0.39, 0.29) is 17.6 Å². The number of fused-ring (bicyclic) bond motifs is 2. The highest BCUT2D eigenvalue weighted by Crippen LogP contribution is 2.56. The first-order valence-corrected chi connectivity index (χ1v) is 11.6. The lowest BCUT2D eigenvalue weighted by atomic mass is 10.0. The SMILES string of the molecule is CCc1cccc(N2C(=O)CS[C@]23C(=O)N(Cc2ccc(Cl)cc2)c2ccccc23)c1. The minimum Gasteiger partial charge on any atom is -0.304 e. The molecule has 0 radical (unpaired) electrons. The number of nitrogens with zero attached hydrogens (tertiary/aromatic N) is 2. The maximum atomic E-state index is 14.0. The number of carbonyl (C=O) groups excluding carboxylic acids is 2. The fourth-order valence-electron chi connectivity index (χ4n) is 4.40. The molecule has 1 atom stereocenters. The van der Waals surface area contributed by atoms with Crippen molar-refractivity contribution >= 4 is 46.6 Å². The largest absolute Gasteiger partial charge is 0.304 e. The Morgan fingerprint density at radius 3 is 2.52 bits per heavy atom. The highest BCUT2D eigenvalue weighted by atomic mass is 35.5. The molecule has 1 saturated heterocycles. The highest BCUT2D eigenvalue weighted by Gasteiger charge is 2.60. The number of carbonyl (C=O) groups is 2. The third kappa shape index (κ3) is 3.15.